The maximum atomic E-state index is 11.7. The number of aromatic nitrogens is 1. The summed E-state index contributed by atoms with van der Waals surface area (Å²) in [5.41, 5.74) is 0.924. The lowest BCUT2D eigenvalue weighted by Crippen LogP contribution is -2.06. The van der Waals surface area contributed by atoms with E-state index in [0.29, 0.717) is 17.2 Å². The van der Waals surface area contributed by atoms with Crippen LogP contribution < -0.4 is 0 Å². The van der Waals surface area contributed by atoms with Gasteiger partial charge < -0.3 is 14.9 Å². The number of carbonyl (C=O) groups is 1. The molecule has 2 aromatic rings. The first-order chi connectivity index (χ1) is 9.02. The minimum absolute atomic E-state index is 0.192. The standard InChI is InChI=1S/C13H13NO4S/c1-3-18-13(17)11-7(2)19-12(14-11)8-4-5-9(15)10(16)6-8/h4-6,15-16H,3H2,1-2H3. The normalized spacial score (nSPS) is 10.4. The van der Waals surface area contributed by atoms with Crippen LogP contribution in [0.25, 0.3) is 10.6 Å². The Balaban J connectivity index is 2.38. The van der Waals surface area contributed by atoms with Gasteiger partial charge in [-0.3, -0.25) is 0 Å². The zero-order valence-electron chi connectivity index (χ0n) is 10.5. The molecule has 100 valence electrons. The van der Waals surface area contributed by atoms with Gasteiger partial charge in [-0.25, -0.2) is 9.78 Å². The number of aromatic hydroxyl groups is 2. The van der Waals surface area contributed by atoms with E-state index < -0.39 is 5.97 Å². The molecule has 1 heterocycles. The molecular formula is C13H13NO4S. The van der Waals surface area contributed by atoms with Gasteiger partial charge in [-0.05, 0) is 32.0 Å². The average molecular weight is 279 g/mol. The van der Waals surface area contributed by atoms with Crippen LogP contribution in [0.1, 0.15) is 22.3 Å². The van der Waals surface area contributed by atoms with Gasteiger partial charge in [0.1, 0.15) is 5.01 Å². The molecule has 1 aromatic carbocycles. The van der Waals surface area contributed by atoms with Crippen LogP contribution in [0.2, 0.25) is 0 Å². The summed E-state index contributed by atoms with van der Waals surface area (Å²) in [4.78, 5) is 16.6. The SMILES string of the molecule is CCOC(=O)c1nc(-c2ccc(O)c(O)c2)sc1C. The highest BCUT2D eigenvalue weighted by Gasteiger charge is 2.17. The van der Waals surface area contributed by atoms with Gasteiger partial charge in [0.25, 0.3) is 0 Å². The van der Waals surface area contributed by atoms with Crippen molar-refractivity contribution in [3.8, 4) is 22.1 Å². The predicted octanol–water partition coefficient (Wildman–Crippen LogP) is 2.71. The topological polar surface area (TPSA) is 79.7 Å². The molecule has 0 bridgehead atoms. The summed E-state index contributed by atoms with van der Waals surface area (Å²) >= 11 is 1.33. The number of esters is 1. The van der Waals surface area contributed by atoms with Crippen LogP contribution in [0, 0.1) is 6.92 Å². The van der Waals surface area contributed by atoms with Crippen molar-refractivity contribution in [3.05, 3.63) is 28.8 Å². The second-order valence-electron chi connectivity index (χ2n) is 3.85. The third-order valence-electron chi connectivity index (χ3n) is 2.49. The minimum Gasteiger partial charge on any atom is -0.504 e. The second kappa shape index (κ2) is 5.27. The Morgan fingerprint density at radius 1 is 1.37 bits per heavy atom. The number of aryl methyl sites for hydroxylation is 1. The Morgan fingerprint density at radius 2 is 2.11 bits per heavy atom. The highest BCUT2D eigenvalue weighted by Crippen LogP contribution is 2.33. The van der Waals surface area contributed by atoms with Crippen molar-refractivity contribution >= 4 is 17.3 Å². The first kappa shape index (κ1) is 13.4. The maximum absolute atomic E-state index is 11.7. The highest BCUT2D eigenvalue weighted by atomic mass is 32.1. The van der Waals surface area contributed by atoms with Gasteiger partial charge in [0.15, 0.2) is 17.2 Å². The van der Waals surface area contributed by atoms with E-state index >= 15 is 0 Å². The lowest BCUT2D eigenvalue weighted by Gasteiger charge is -2.00. The summed E-state index contributed by atoms with van der Waals surface area (Å²) in [6.45, 7) is 3.82. The summed E-state index contributed by atoms with van der Waals surface area (Å²) in [6, 6.07) is 4.41. The Morgan fingerprint density at radius 3 is 2.74 bits per heavy atom. The first-order valence-electron chi connectivity index (χ1n) is 5.69. The van der Waals surface area contributed by atoms with Crippen LogP contribution in [-0.2, 0) is 4.74 Å². The third-order valence-corrected chi connectivity index (χ3v) is 3.51. The van der Waals surface area contributed by atoms with Crippen molar-refractivity contribution in [3.63, 3.8) is 0 Å². The molecule has 5 nitrogen and oxygen atoms in total. The van der Waals surface area contributed by atoms with E-state index in [1.54, 1.807) is 19.9 Å². The van der Waals surface area contributed by atoms with E-state index in [4.69, 9.17) is 4.74 Å². The molecule has 19 heavy (non-hydrogen) atoms. The lowest BCUT2D eigenvalue weighted by molar-refractivity contribution is 0.0519. The summed E-state index contributed by atoms with van der Waals surface area (Å²) in [6.07, 6.45) is 0. The molecule has 2 N–H and O–H groups in total. The van der Waals surface area contributed by atoms with Crippen molar-refractivity contribution in [2.75, 3.05) is 6.61 Å². The Labute approximate surface area is 114 Å². The molecule has 6 heteroatoms. The number of ether oxygens (including phenoxy) is 1. The molecule has 0 saturated heterocycles. The van der Waals surface area contributed by atoms with E-state index in [1.165, 1.54) is 23.5 Å². The third kappa shape index (κ3) is 2.68. The van der Waals surface area contributed by atoms with Gasteiger partial charge >= 0.3 is 5.97 Å². The van der Waals surface area contributed by atoms with E-state index in [2.05, 4.69) is 4.98 Å². The fraction of sp³-hybridized carbons (Fsp3) is 0.231. The van der Waals surface area contributed by atoms with Crippen LogP contribution >= 0.6 is 11.3 Å². The fourth-order valence-electron chi connectivity index (χ4n) is 1.57. The summed E-state index contributed by atoms with van der Waals surface area (Å²) < 4.78 is 4.92. The van der Waals surface area contributed by atoms with Crippen LogP contribution in [0.5, 0.6) is 11.5 Å². The average Bonchev–Trinajstić information content (AvgIpc) is 2.75. The molecule has 0 atom stereocenters. The summed E-state index contributed by atoms with van der Waals surface area (Å²) in [7, 11) is 0. The van der Waals surface area contributed by atoms with Gasteiger partial charge in [-0.1, -0.05) is 0 Å². The number of thiazole rings is 1. The Hall–Kier alpha value is -2.08. The number of rotatable bonds is 3. The van der Waals surface area contributed by atoms with Crippen molar-refractivity contribution in [1.29, 1.82) is 0 Å². The zero-order valence-corrected chi connectivity index (χ0v) is 11.3. The predicted molar refractivity (Wildman–Crippen MR) is 71.6 cm³/mol. The van der Waals surface area contributed by atoms with Crippen molar-refractivity contribution in [2.24, 2.45) is 0 Å². The molecular weight excluding hydrogens is 266 g/mol. The van der Waals surface area contributed by atoms with E-state index in [9.17, 15) is 15.0 Å². The molecule has 0 aliphatic rings. The van der Waals surface area contributed by atoms with Crippen molar-refractivity contribution < 1.29 is 19.7 Å². The van der Waals surface area contributed by atoms with E-state index in [0.717, 1.165) is 4.88 Å². The Kier molecular flexibility index (Phi) is 3.71. The Bertz CT molecular complexity index is 621. The molecule has 0 aliphatic carbocycles. The van der Waals surface area contributed by atoms with E-state index in [1.807, 2.05) is 0 Å². The van der Waals surface area contributed by atoms with Gasteiger partial charge in [-0.2, -0.15) is 0 Å². The molecule has 0 amide bonds. The van der Waals surface area contributed by atoms with Crippen LogP contribution in [0.3, 0.4) is 0 Å². The summed E-state index contributed by atoms with van der Waals surface area (Å²) in [5, 5.41) is 19.3. The number of carbonyl (C=O) groups excluding carboxylic acids is 1. The fourth-order valence-corrected chi connectivity index (χ4v) is 2.46. The largest absolute Gasteiger partial charge is 0.504 e. The monoisotopic (exact) mass is 279 g/mol. The van der Waals surface area contributed by atoms with Gasteiger partial charge in [0.05, 0.1) is 6.61 Å². The molecule has 0 unspecified atom stereocenters. The second-order valence-corrected chi connectivity index (χ2v) is 5.05. The number of nitrogens with zero attached hydrogens (tertiary/aromatic N) is 1. The number of hydrogen-bond acceptors (Lipinski definition) is 6. The van der Waals surface area contributed by atoms with Gasteiger partial charge in [0, 0.05) is 10.4 Å². The first-order valence-corrected chi connectivity index (χ1v) is 6.51. The number of phenolic OH excluding ortho intramolecular Hbond substituents is 2. The van der Waals surface area contributed by atoms with Crippen molar-refractivity contribution in [1.82, 2.24) is 4.98 Å². The lowest BCUT2D eigenvalue weighted by atomic mass is 10.2. The van der Waals surface area contributed by atoms with E-state index in [-0.39, 0.29) is 17.2 Å². The van der Waals surface area contributed by atoms with Gasteiger partial charge in [0.2, 0.25) is 0 Å². The number of hydrogen-bond donors (Lipinski definition) is 2. The molecule has 0 aliphatic heterocycles. The highest BCUT2D eigenvalue weighted by molar-refractivity contribution is 7.15. The number of phenols is 2. The van der Waals surface area contributed by atoms with Crippen LogP contribution in [0.15, 0.2) is 18.2 Å². The zero-order chi connectivity index (χ0) is 14.0. The number of benzene rings is 1. The molecule has 1 aromatic heterocycles. The smallest absolute Gasteiger partial charge is 0.358 e. The van der Waals surface area contributed by atoms with Gasteiger partial charge in [-0.15, -0.1) is 11.3 Å². The molecule has 0 saturated carbocycles. The van der Waals surface area contributed by atoms with Crippen molar-refractivity contribution in [2.45, 2.75) is 13.8 Å². The molecule has 0 fully saturated rings. The molecule has 0 spiro atoms. The summed E-state index contributed by atoms with van der Waals surface area (Å²) in [5.74, 6) is -0.865. The van der Waals surface area contributed by atoms with Crippen LogP contribution in [0.4, 0.5) is 0 Å². The quantitative estimate of drug-likeness (QED) is 0.667. The minimum atomic E-state index is -0.453. The maximum Gasteiger partial charge on any atom is 0.358 e. The van der Waals surface area contributed by atoms with Crippen LogP contribution in [-0.4, -0.2) is 27.8 Å². The molecule has 2 rings (SSSR count). The molecule has 0 radical (unpaired) electrons.